The molecule has 0 aromatic rings. The molecule has 1 aliphatic carbocycles. The van der Waals surface area contributed by atoms with Crippen molar-refractivity contribution in [2.24, 2.45) is 11.3 Å². The molecule has 2 rings (SSSR count). The Morgan fingerprint density at radius 1 is 1.33 bits per heavy atom. The molecule has 0 spiro atoms. The van der Waals surface area contributed by atoms with Gasteiger partial charge in [-0.15, -0.1) is 0 Å². The molecule has 2 nitrogen and oxygen atoms in total. The molecule has 1 aliphatic heterocycles. The van der Waals surface area contributed by atoms with Gasteiger partial charge in [-0.2, -0.15) is 0 Å². The summed E-state index contributed by atoms with van der Waals surface area (Å²) in [7, 11) is 2.07. The highest BCUT2D eigenvalue weighted by atomic mass is 15.2. The number of hydrogen-bond acceptors (Lipinski definition) is 2. The standard InChI is InChI=1S/C13H26N2/c1-13(2)6-4-12(8-13)15-7-5-11(10-15)9-14-3/h11-12,14H,4-10H2,1-3H3. The fourth-order valence-electron chi connectivity index (χ4n) is 3.36. The zero-order valence-corrected chi connectivity index (χ0v) is 10.6. The van der Waals surface area contributed by atoms with Crippen molar-refractivity contribution in [1.29, 1.82) is 0 Å². The van der Waals surface area contributed by atoms with Gasteiger partial charge in [0, 0.05) is 12.6 Å². The Labute approximate surface area is 94.4 Å². The SMILES string of the molecule is CNCC1CCN(C2CCC(C)(C)C2)C1. The van der Waals surface area contributed by atoms with Gasteiger partial charge in [-0.05, 0) is 57.2 Å². The van der Waals surface area contributed by atoms with Crippen LogP contribution in [0.15, 0.2) is 0 Å². The van der Waals surface area contributed by atoms with E-state index in [1.807, 2.05) is 0 Å². The highest BCUT2D eigenvalue weighted by molar-refractivity contribution is 4.91. The summed E-state index contributed by atoms with van der Waals surface area (Å²) < 4.78 is 0. The Kier molecular flexibility index (Phi) is 3.36. The van der Waals surface area contributed by atoms with Gasteiger partial charge in [-0.1, -0.05) is 13.8 Å². The van der Waals surface area contributed by atoms with Crippen LogP contribution in [0.25, 0.3) is 0 Å². The fourth-order valence-corrected chi connectivity index (χ4v) is 3.36. The lowest BCUT2D eigenvalue weighted by molar-refractivity contribution is 0.220. The van der Waals surface area contributed by atoms with Crippen LogP contribution in [0.2, 0.25) is 0 Å². The first-order valence-electron chi connectivity index (χ1n) is 6.49. The van der Waals surface area contributed by atoms with Crippen molar-refractivity contribution in [3.05, 3.63) is 0 Å². The Morgan fingerprint density at radius 2 is 2.13 bits per heavy atom. The molecule has 2 heteroatoms. The lowest BCUT2D eigenvalue weighted by Crippen LogP contribution is -2.33. The molecule has 1 heterocycles. The van der Waals surface area contributed by atoms with Crippen LogP contribution >= 0.6 is 0 Å². The molecule has 0 radical (unpaired) electrons. The summed E-state index contributed by atoms with van der Waals surface area (Å²) in [6, 6.07) is 0.891. The molecule has 1 saturated heterocycles. The van der Waals surface area contributed by atoms with Crippen LogP contribution in [0.1, 0.15) is 39.5 Å². The van der Waals surface area contributed by atoms with E-state index < -0.39 is 0 Å². The smallest absolute Gasteiger partial charge is 0.0101 e. The third-order valence-electron chi connectivity index (χ3n) is 4.27. The highest BCUT2D eigenvalue weighted by Crippen LogP contribution is 2.40. The predicted octanol–water partition coefficient (Wildman–Crippen LogP) is 2.11. The van der Waals surface area contributed by atoms with Crippen molar-refractivity contribution < 1.29 is 0 Å². The molecular formula is C13H26N2. The number of likely N-dealkylation sites (tertiary alicyclic amines) is 1. The van der Waals surface area contributed by atoms with Crippen molar-refractivity contribution in [3.63, 3.8) is 0 Å². The van der Waals surface area contributed by atoms with Crippen LogP contribution < -0.4 is 5.32 Å². The van der Waals surface area contributed by atoms with Gasteiger partial charge in [0.1, 0.15) is 0 Å². The molecular weight excluding hydrogens is 184 g/mol. The average molecular weight is 210 g/mol. The Hall–Kier alpha value is -0.0800. The van der Waals surface area contributed by atoms with Crippen molar-refractivity contribution in [2.45, 2.75) is 45.6 Å². The second kappa shape index (κ2) is 4.42. The average Bonchev–Trinajstić information content (AvgIpc) is 2.73. The van der Waals surface area contributed by atoms with Crippen molar-refractivity contribution in [1.82, 2.24) is 10.2 Å². The van der Waals surface area contributed by atoms with E-state index in [1.165, 1.54) is 45.3 Å². The number of hydrogen-bond donors (Lipinski definition) is 1. The van der Waals surface area contributed by atoms with Gasteiger partial charge in [-0.25, -0.2) is 0 Å². The Morgan fingerprint density at radius 3 is 2.73 bits per heavy atom. The van der Waals surface area contributed by atoms with Gasteiger partial charge in [0.2, 0.25) is 0 Å². The minimum atomic E-state index is 0.603. The lowest BCUT2D eigenvalue weighted by atomic mass is 9.91. The largest absolute Gasteiger partial charge is 0.319 e. The summed E-state index contributed by atoms with van der Waals surface area (Å²) in [5, 5.41) is 3.31. The first-order valence-corrected chi connectivity index (χ1v) is 6.49. The summed E-state index contributed by atoms with van der Waals surface area (Å²) in [4.78, 5) is 2.75. The Balaban J connectivity index is 1.81. The second-order valence-corrected chi connectivity index (χ2v) is 6.27. The lowest BCUT2D eigenvalue weighted by Gasteiger charge is -2.25. The fraction of sp³-hybridized carbons (Fsp3) is 1.00. The van der Waals surface area contributed by atoms with E-state index in [9.17, 15) is 0 Å². The normalized spacial score (nSPS) is 36.2. The zero-order chi connectivity index (χ0) is 10.9. The van der Waals surface area contributed by atoms with Gasteiger partial charge in [0.15, 0.2) is 0 Å². The van der Waals surface area contributed by atoms with Gasteiger partial charge < -0.3 is 10.2 Å². The third-order valence-corrected chi connectivity index (χ3v) is 4.27. The molecule has 2 fully saturated rings. The van der Waals surface area contributed by atoms with Crippen LogP contribution in [-0.2, 0) is 0 Å². The van der Waals surface area contributed by atoms with E-state index >= 15 is 0 Å². The minimum absolute atomic E-state index is 0.603. The van der Waals surface area contributed by atoms with Crippen LogP contribution in [0.4, 0.5) is 0 Å². The maximum atomic E-state index is 3.31. The van der Waals surface area contributed by atoms with Crippen LogP contribution in [0.3, 0.4) is 0 Å². The number of nitrogens with zero attached hydrogens (tertiary/aromatic N) is 1. The van der Waals surface area contributed by atoms with Crippen LogP contribution in [0.5, 0.6) is 0 Å². The second-order valence-electron chi connectivity index (χ2n) is 6.27. The van der Waals surface area contributed by atoms with Gasteiger partial charge in [0.25, 0.3) is 0 Å². The van der Waals surface area contributed by atoms with Gasteiger partial charge in [-0.3, -0.25) is 0 Å². The van der Waals surface area contributed by atoms with Gasteiger partial charge in [0.05, 0.1) is 0 Å². The highest BCUT2D eigenvalue weighted by Gasteiger charge is 2.36. The molecule has 1 N–H and O–H groups in total. The van der Waals surface area contributed by atoms with Gasteiger partial charge >= 0.3 is 0 Å². The van der Waals surface area contributed by atoms with E-state index in [2.05, 4.69) is 31.1 Å². The van der Waals surface area contributed by atoms with E-state index in [4.69, 9.17) is 0 Å². The summed E-state index contributed by atoms with van der Waals surface area (Å²) in [6.45, 7) is 8.73. The molecule has 88 valence electrons. The molecule has 2 unspecified atom stereocenters. The van der Waals surface area contributed by atoms with Crippen molar-refractivity contribution in [2.75, 3.05) is 26.7 Å². The predicted molar refractivity (Wildman–Crippen MR) is 65.0 cm³/mol. The van der Waals surface area contributed by atoms with Crippen LogP contribution in [-0.4, -0.2) is 37.6 Å². The first kappa shape index (κ1) is 11.4. The molecule has 2 aliphatic rings. The van der Waals surface area contributed by atoms with Crippen molar-refractivity contribution in [3.8, 4) is 0 Å². The summed E-state index contributed by atoms with van der Waals surface area (Å²) in [6.07, 6.45) is 5.67. The number of rotatable bonds is 3. The molecule has 0 aromatic heterocycles. The maximum Gasteiger partial charge on any atom is 0.0101 e. The minimum Gasteiger partial charge on any atom is -0.319 e. The molecule has 0 aromatic carbocycles. The van der Waals surface area contributed by atoms with Crippen LogP contribution in [0, 0.1) is 11.3 Å². The molecule has 0 amide bonds. The van der Waals surface area contributed by atoms with E-state index in [1.54, 1.807) is 0 Å². The maximum absolute atomic E-state index is 3.31. The zero-order valence-electron chi connectivity index (χ0n) is 10.6. The summed E-state index contributed by atoms with van der Waals surface area (Å²) in [5.74, 6) is 0.902. The number of nitrogens with one attached hydrogen (secondary N) is 1. The monoisotopic (exact) mass is 210 g/mol. The van der Waals surface area contributed by atoms with E-state index in [-0.39, 0.29) is 0 Å². The van der Waals surface area contributed by atoms with E-state index in [0.29, 0.717) is 5.41 Å². The van der Waals surface area contributed by atoms with E-state index in [0.717, 1.165) is 12.0 Å². The quantitative estimate of drug-likeness (QED) is 0.767. The third kappa shape index (κ3) is 2.73. The molecule has 0 bridgehead atoms. The molecule has 15 heavy (non-hydrogen) atoms. The summed E-state index contributed by atoms with van der Waals surface area (Å²) >= 11 is 0. The Bertz CT molecular complexity index is 213. The molecule has 1 saturated carbocycles. The summed E-state index contributed by atoms with van der Waals surface area (Å²) in [5.41, 5.74) is 0.603. The topological polar surface area (TPSA) is 15.3 Å². The first-order chi connectivity index (χ1) is 7.11. The van der Waals surface area contributed by atoms with Crippen molar-refractivity contribution >= 4 is 0 Å². The molecule has 2 atom stereocenters.